The molecule has 0 aliphatic carbocycles. The van der Waals surface area contributed by atoms with Crippen molar-refractivity contribution in [2.24, 2.45) is 7.05 Å². The van der Waals surface area contributed by atoms with Crippen LogP contribution in [-0.2, 0) is 20.0 Å². The average molecular weight is 345 g/mol. The Hall–Kier alpha value is -2.07. The summed E-state index contributed by atoms with van der Waals surface area (Å²) in [6.07, 6.45) is 0.713. The maximum Gasteiger partial charge on any atom is 0.263 e. The number of carbonyl (C=O) groups is 1. The first-order valence-corrected chi connectivity index (χ1v) is 8.53. The van der Waals surface area contributed by atoms with E-state index in [-0.39, 0.29) is 22.9 Å². The molecular weight excluding hydrogens is 324 g/mol. The number of rotatable bonds is 2. The van der Waals surface area contributed by atoms with E-state index >= 15 is 0 Å². The van der Waals surface area contributed by atoms with E-state index in [9.17, 15) is 9.59 Å². The molecule has 0 unspecified atom stereocenters. The average Bonchev–Trinajstić information content (AvgIpc) is 2.56. The van der Waals surface area contributed by atoms with Crippen LogP contribution in [-0.4, -0.2) is 21.9 Å². The number of hydrogen-bond donors (Lipinski definition) is 0. The normalized spacial score (nSPS) is 14.0. The maximum absolute atomic E-state index is 12.8. The van der Waals surface area contributed by atoms with E-state index in [1.807, 2.05) is 38.1 Å². The molecule has 0 saturated heterocycles. The molecule has 1 amide bonds. The van der Waals surface area contributed by atoms with Gasteiger partial charge in [0.2, 0.25) is 0 Å². The number of amides is 1. The van der Waals surface area contributed by atoms with Crippen LogP contribution in [0.3, 0.4) is 0 Å². The molecule has 3 rings (SSSR count). The third-order valence-corrected chi connectivity index (χ3v) is 5.02. The molecule has 1 aliphatic rings. The van der Waals surface area contributed by atoms with Gasteiger partial charge in [-0.15, -0.1) is 0 Å². The van der Waals surface area contributed by atoms with Gasteiger partial charge in [0.1, 0.15) is 5.56 Å². The van der Waals surface area contributed by atoms with Gasteiger partial charge in [0.05, 0.1) is 0 Å². The van der Waals surface area contributed by atoms with Gasteiger partial charge in [-0.05, 0) is 41.7 Å². The Balaban J connectivity index is 1.91. The lowest BCUT2D eigenvalue weighted by Crippen LogP contribution is -2.39. The van der Waals surface area contributed by atoms with Crippen molar-refractivity contribution in [3.63, 3.8) is 0 Å². The molecule has 0 N–H and O–H groups in total. The van der Waals surface area contributed by atoms with Gasteiger partial charge in [-0.3, -0.25) is 9.59 Å². The summed E-state index contributed by atoms with van der Waals surface area (Å²) in [6.45, 7) is 5.12. The fraction of sp³-hybridized carbons (Fsp3) is 0.368. The Morgan fingerprint density at radius 1 is 1.21 bits per heavy atom. The highest BCUT2D eigenvalue weighted by Gasteiger charge is 2.25. The number of aromatic nitrogens is 1. The van der Waals surface area contributed by atoms with Crippen LogP contribution in [0.1, 0.15) is 46.9 Å². The zero-order valence-corrected chi connectivity index (χ0v) is 14.9. The van der Waals surface area contributed by atoms with Crippen LogP contribution >= 0.6 is 11.6 Å². The first-order valence-electron chi connectivity index (χ1n) is 8.15. The number of benzene rings is 1. The predicted molar refractivity (Wildman–Crippen MR) is 95.7 cm³/mol. The van der Waals surface area contributed by atoms with Crippen LogP contribution < -0.4 is 5.56 Å². The molecule has 0 bridgehead atoms. The smallest absolute Gasteiger partial charge is 0.263 e. The molecule has 2 aromatic rings. The van der Waals surface area contributed by atoms with Gasteiger partial charge in [0.25, 0.3) is 11.5 Å². The lowest BCUT2D eigenvalue weighted by molar-refractivity contribution is 0.0732. The van der Waals surface area contributed by atoms with Crippen molar-refractivity contribution in [1.29, 1.82) is 0 Å². The minimum Gasteiger partial charge on any atom is -0.334 e. The summed E-state index contributed by atoms with van der Waals surface area (Å²) in [4.78, 5) is 27.1. The quantitative estimate of drug-likeness (QED) is 0.838. The summed E-state index contributed by atoms with van der Waals surface area (Å²) < 4.78 is 1.58. The topological polar surface area (TPSA) is 42.3 Å². The molecule has 2 heterocycles. The lowest BCUT2D eigenvalue weighted by Gasteiger charge is -2.29. The first-order chi connectivity index (χ1) is 11.4. The van der Waals surface area contributed by atoms with Crippen molar-refractivity contribution in [1.82, 2.24) is 9.47 Å². The van der Waals surface area contributed by atoms with E-state index in [0.717, 1.165) is 21.8 Å². The highest BCUT2D eigenvalue weighted by molar-refractivity contribution is 6.31. The molecule has 0 saturated carbocycles. The van der Waals surface area contributed by atoms with Gasteiger partial charge in [-0.2, -0.15) is 0 Å². The summed E-state index contributed by atoms with van der Waals surface area (Å²) in [5, 5.41) is 0.747. The highest BCUT2D eigenvalue weighted by atomic mass is 35.5. The fourth-order valence-corrected chi connectivity index (χ4v) is 3.59. The molecule has 1 aromatic carbocycles. The van der Waals surface area contributed by atoms with Crippen LogP contribution in [0.25, 0.3) is 0 Å². The van der Waals surface area contributed by atoms with E-state index in [4.69, 9.17) is 11.6 Å². The molecule has 126 valence electrons. The Bertz CT molecular complexity index is 855. The van der Waals surface area contributed by atoms with Crippen LogP contribution in [0.5, 0.6) is 0 Å². The summed E-state index contributed by atoms with van der Waals surface area (Å²) in [6, 6.07) is 9.28. The van der Waals surface area contributed by atoms with E-state index < -0.39 is 0 Å². The zero-order valence-electron chi connectivity index (χ0n) is 14.2. The Kier molecular flexibility index (Phi) is 4.50. The first kappa shape index (κ1) is 16.8. The number of halogens is 1. The second kappa shape index (κ2) is 6.44. The molecule has 5 heteroatoms. The largest absolute Gasteiger partial charge is 0.334 e. The second-order valence-corrected chi connectivity index (χ2v) is 6.95. The molecule has 24 heavy (non-hydrogen) atoms. The summed E-state index contributed by atoms with van der Waals surface area (Å²) in [5.74, 6) is 0.0207. The third-order valence-electron chi connectivity index (χ3n) is 4.66. The van der Waals surface area contributed by atoms with Crippen molar-refractivity contribution in [3.8, 4) is 0 Å². The van der Waals surface area contributed by atoms with Crippen LogP contribution in [0, 0.1) is 0 Å². The molecule has 0 spiro atoms. The fourth-order valence-electron chi connectivity index (χ4n) is 3.30. The van der Waals surface area contributed by atoms with E-state index in [1.165, 1.54) is 0 Å². The van der Waals surface area contributed by atoms with Crippen molar-refractivity contribution in [3.05, 3.63) is 68.1 Å². The van der Waals surface area contributed by atoms with Gasteiger partial charge in [0, 0.05) is 30.9 Å². The van der Waals surface area contributed by atoms with Crippen LogP contribution in [0.2, 0.25) is 5.02 Å². The number of pyridine rings is 1. The van der Waals surface area contributed by atoms with Crippen molar-refractivity contribution >= 4 is 17.5 Å². The van der Waals surface area contributed by atoms with Gasteiger partial charge < -0.3 is 9.47 Å². The standard InChI is InChI=1S/C19H21ClN2O2/c1-12(2)17-8-7-15(18(23)21(17)3)19(24)22-10-9-14-13(11-22)5-4-6-16(14)20/h4-8,12H,9-11H2,1-3H3. The minimum atomic E-state index is -0.233. The molecule has 0 fully saturated rings. The van der Waals surface area contributed by atoms with E-state index in [1.54, 1.807) is 22.6 Å². The Morgan fingerprint density at radius 3 is 2.67 bits per heavy atom. The Labute approximate surface area is 146 Å². The minimum absolute atomic E-state index is 0.212. The molecule has 4 nitrogen and oxygen atoms in total. The molecule has 0 radical (unpaired) electrons. The third kappa shape index (κ3) is 2.86. The molecular formula is C19H21ClN2O2. The SMILES string of the molecule is CC(C)c1ccc(C(=O)N2CCc3c(Cl)cccc3C2)c(=O)n1C. The van der Waals surface area contributed by atoms with Crippen molar-refractivity contribution < 1.29 is 4.79 Å². The van der Waals surface area contributed by atoms with Gasteiger partial charge in [-0.25, -0.2) is 0 Å². The van der Waals surface area contributed by atoms with Crippen molar-refractivity contribution in [2.45, 2.75) is 32.7 Å². The van der Waals surface area contributed by atoms with Gasteiger partial charge in [-0.1, -0.05) is 37.6 Å². The predicted octanol–water partition coefficient (Wildman–Crippen LogP) is 3.36. The second-order valence-electron chi connectivity index (χ2n) is 6.54. The van der Waals surface area contributed by atoms with E-state index in [0.29, 0.717) is 19.5 Å². The number of carbonyl (C=O) groups excluding carboxylic acids is 1. The van der Waals surface area contributed by atoms with Crippen LogP contribution in [0.15, 0.2) is 35.1 Å². The maximum atomic E-state index is 12.8. The van der Waals surface area contributed by atoms with Crippen LogP contribution in [0.4, 0.5) is 0 Å². The number of fused-ring (bicyclic) bond motifs is 1. The summed E-state index contributed by atoms with van der Waals surface area (Å²) >= 11 is 6.22. The molecule has 1 aliphatic heterocycles. The molecule has 0 atom stereocenters. The number of hydrogen-bond acceptors (Lipinski definition) is 2. The lowest BCUT2D eigenvalue weighted by atomic mass is 9.99. The summed E-state index contributed by atoms with van der Waals surface area (Å²) in [7, 11) is 1.72. The molecule has 1 aromatic heterocycles. The van der Waals surface area contributed by atoms with E-state index in [2.05, 4.69) is 0 Å². The van der Waals surface area contributed by atoms with Gasteiger partial charge >= 0.3 is 0 Å². The summed E-state index contributed by atoms with van der Waals surface area (Å²) in [5.41, 5.74) is 3.08. The Morgan fingerprint density at radius 2 is 1.96 bits per heavy atom. The van der Waals surface area contributed by atoms with Crippen molar-refractivity contribution in [2.75, 3.05) is 6.54 Å². The number of nitrogens with zero attached hydrogens (tertiary/aromatic N) is 2. The monoisotopic (exact) mass is 344 g/mol. The highest BCUT2D eigenvalue weighted by Crippen LogP contribution is 2.26. The zero-order chi connectivity index (χ0) is 17.4. The van der Waals surface area contributed by atoms with Gasteiger partial charge in [0.15, 0.2) is 0 Å².